The lowest BCUT2D eigenvalue weighted by Gasteiger charge is -2.08. The third kappa shape index (κ3) is 3.11. The Morgan fingerprint density at radius 1 is 1.03 bits per heavy atom. The highest BCUT2D eigenvalue weighted by atomic mass is 32.2. The zero-order valence-electron chi connectivity index (χ0n) is 14.9. The number of anilines is 1. The first-order valence-electron chi connectivity index (χ1n) is 8.29. The second-order valence-corrected chi connectivity index (χ2v) is 8.18. The first kappa shape index (κ1) is 18.9. The maximum absolute atomic E-state index is 14.6. The predicted molar refractivity (Wildman–Crippen MR) is 101 cm³/mol. The lowest BCUT2D eigenvalue weighted by Crippen LogP contribution is -2.12. The van der Waals surface area contributed by atoms with Gasteiger partial charge in [0.05, 0.1) is 11.1 Å². The Kier molecular flexibility index (Phi) is 4.30. The Bertz CT molecular complexity index is 1370. The van der Waals surface area contributed by atoms with E-state index in [2.05, 4.69) is 9.97 Å². The minimum Gasteiger partial charge on any atom is -0.381 e. The number of halogens is 3. The lowest BCUT2D eigenvalue weighted by atomic mass is 10.1. The highest BCUT2D eigenvalue weighted by Gasteiger charge is 2.26. The summed E-state index contributed by atoms with van der Waals surface area (Å²) in [7, 11) is -4.23. The molecule has 0 atom stereocenters. The molecule has 0 radical (unpaired) electrons. The van der Waals surface area contributed by atoms with Crippen molar-refractivity contribution < 1.29 is 21.6 Å². The third-order valence-electron chi connectivity index (χ3n) is 4.38. The van der Waals surface area contributed by atoms with Gasteiger partial charge in [0.1, 0.15) is 11.3 Å². The number of hydrogen-bond donors (Lipinski definition) is 1. The van der Waals surface area contributed by atoms with Crippen LogP contribution in [0, 0.1) is 24.4 Å². The van der Waals surface area contributed by atoms with Crippen LogP contribution in [-0.4, -0.2) is 22.4 Å². The molecule has 2 aromatic heterocycles. The number of rotatable bonds is 3. The Hall–Kier alpha value is -3.40. The quantitative estimate of drug-likeness (QED) is 0.549. The Balaban J connectivity index is 2.05. The summed E-state index contributed by atoms with van der Waals surface area (Å²) in [6, 6.07) is 7.48. The molecule has 148 valence electrons. The molecule has 0 bridgehead atoms. The van der Waals surface area contributed by atoms with Crippen LogP contribution in [0.15, 0.2) is 53.7 Å². The van der Waals surface area contributed by atoms with Gasteiger partial charge in [0.2, 0.25) is 0 Å². The first-order valence-corrected chi connectivity index (χ1v) is 9.73. The Morgan fingerprint density at radius 2 is 1.72 bits per heavy atom. The molecule has 29 heavy (non-hydrogen) atoms. The van der Waals surface area contributed by atoms with Crippen molar-refractivity contribution >= 4 is 26.7 Å². The SMILES string of the molecule is Cc1ccc(S(=O)(=O)n2cc(-c3ncc(F)c(N)n3)c3cc(F)cc(F)c32)cc1. The number of fused-ring (bicyclic) bond motifs is 1. The van der Waals surface area contributed by atoms with Gasteiger partial charge in [-0.15, -0.1) is 0 Å². The standard InChI is InChI=1S/C19H13F3N4O2S/c1-10-2-4-12(5-3-10)29(27,28)26-9-14(19-24-8-16(22)18(23)25-19)13-6-11(20)7-15(21)17(13)26/h2-9H,1H3,(H2,23,24,25). The van der Waals surface area contributed by atoms with Crippen molar-refractivity contribution in [3.8, 4) is 11.4 Å². The lowest BCUT2D eigenvalue weighted by molar-refractivity contribution is 0.579. The van der Waals surface area contributed by atoms with Gasteiger partial charge in [-0.2, -0.15) is 0 Å². The summed E-state index contributed by atoms with van der Waals surface area (Å²) in [6.45, 7) is 1.79. The van der Waals surface area contributed by atoms with Gasteiger partial charge < -0.3 is 5.73 Å². The maximum Gasteiger partial charge on any atom is 0.268 e. The third-order valence-corrected chi connectivity index (χ3v) is 6.05. The van der Waals surface area contributed by atoms with Gasteiger partial charge in [0.25, 0.3) is 10.0 Å². The van der Waals surface area contributed by atoms with Crippen molar-refractivity contribution in [2.45, 2.75) is 11.8 Å². The van der Waals surface area contributed by atoms with Crippen molar-refractivity contribution in [3.05, 3.63) is 71.8 Å². The number of benzene rings is 2. The van der Waals surface area contributed by atoms with Crippen LogP contribution in [0.4, 0.5) is 19.0 Å². The molecular formula is C19H13F3N4O2S. The van der Waals surface area contributed by atoms with E-state index in [4.69, 9.17) is 5.73 Å². The molecule has 0 aliphatic rings. The van der Waals surface area contributed by atoms with Gasteiger partial charge in [-0.25, -0.2) is 35.5 Å². The highest BCUT2D eigenvalue weighted by molar-refractivity contribution is 7.90. The molecular weight excluding hydrogens is 405 g/mol. The van der Waals surface area contributed by atoms with E-state index in [1.54, 1.807) is 19.1 Å². The van der Waals surface area contributed by atoms with Crippen molar-refractivity contribution in [3.63, 3.8) is 0 Å². The highest BCUT2D eigenvalue weighted by Crippen LogP contribution is 2.34. The monoisotopic (exact) mass is 418 g/mol. The number of aryl methyl sites for hydroxylation is 1. The van der Waals surface area contributed by atoms with Crippen LogP contribution < -0.4 is 5.73 Å². The van der Waals surface area contributed by atoms with E-state index in [-0.39, 0.29) is 27.2 Å². The van der Waals surface area contributed by atoms with Crippen LogP contribution in [-0.2, 0) is 10.0 Å². The van der Waals surface area contributed by atoms with Crippen molar-refractivity contribution in [1.82, 2.24) is 13.9 Å². The number of nitrogens with zero attached hydrogens (tertiary/aromatic N) is 3. The second kappa shape index (κ2) is 6.59. The fraction of sp³-hybridized carbons (Fsp3) is 0.0526. The number of nitrogen functional groups attached to an aromatic ring is 1. The summed E-state index contributed by atoms with van der Waals surface area (Å²) < 4.78 is 68.9. The van der Waals surface area contributed by atoms with E-state index in [0.29, 0.717) is 10.0 Å². The van der Waals surface area contributed by atoms with Gasteiger partial charge in [0, 0.05) is 23.2 Å². The topological polar surface area (TPSA) is 90.9 Å². The molecule has 4 aromatic rings. The Labute approximate surface area is 163 Å². The van der Waals surface area contributed by atoms with Crippen molar-refractivity contribution in [2.75, 3.05) is 5.73 Å². The molecule has 4 rings (SSSR count). The molecule has 0 unspecified atom stereocenters. The molecule has 0 saturated carbocycles. The summed E-state index contributed by atoms with van der Waals surface area (Å²) in [5, 5.41) is -0.0933. The van der Waals surface area contributed by atoms with Gasteiger partial charge in [-0.3, -0.25) is 0 Å². The molecule has 2 N–H and O–H groups in total. The Morgan fingerprint density at radius 3 is 2.38 bits per heavy atom. The van der Waals surface area contributed by atoms with Crippen molar-refractivity contribution in [1.29, 1.82) is 0 Å². The van der Waals surface area contributed by atoms with Crippen LogP contribution in [0.25, 0.3) is 22.3 Å². The largest absolute Gasteiger partial charge is 0.381 e. The molecule has 0 aliphatic heterocycles. The van der Waals surface area contributed by atoms with E-state index in [9.17, 15) is 21.6 Å². The molecule has 0 aliphatic carbocycles. The average molecular weight is 418 g/mol. The predicted octanol–water partition coefficient (Wildman–Crippen LogP) is 3.64. The van der Waals surface area contributed by atoms with Crippen LogP contribution in [0.5, 0.6) is 0 Å². The summed E-state index contributed by atoms with van der Waals surface area (Å²) in [4.78, 5) is 7.46. The molecule has 0 amide bonds. The molecule has 0 fully saturated rings. The molecule has 6 nitrogen and oxygen atoms in total. The van der Waals surface area contributed by atoms with Crippen LogP contribution in [0.2, 0.25) is 0 Å². The summed E-state index contributed by atoms with van der Waals surface area (Å²) in [5.41, 5.74) is 5.90. The fourth-order valence-corrected chi connectivity index (χ4v) is 4.33. The van der Waals surface area contributed by atoms with Gasteiger partial charge in [-0.1, -0.05) is 17.7 Å². The maximum atomic E-state index is 14.6. The normalized spacial score (nSPS) is 11.9. The van der Waals surface area contributed by atoms with Crippen LogP contribution >= 0.6 is 0 Å². The van der Waals surface area contributed by atoms with Crippen LogP contribution in [0.1, 0.15) is 5.56 Å². The zero-order chi connectivity index (χ0) is 20.9. The number of aromatic nitrogens is 3. The zero-order valence-corrected chi connectivity index (χ0v) is 15.7. The molecule has 0 saturated heterocycles. The number of hydrogen-bond acceptors (Lipinski definition) is 5. The van der Waals surface area contributed by atoms with E-state index in [1.807, 2.05) is 0 Å². The molecule has 2 heterocycles. The van der Waals surface area contributed by atoms with E-state index in [1.165, 1.54) is 12.1 Å². The van der Waals surface area contributed by atoms with E-state index >= 15 is 0 Å². The van der Waals surface area contributed by atoms with Gasteiger partial charge in [0.15, 0.2) is 23.3 Å². The van der Waals surface area contributed by atoms with Crippen molar-refractivity contribution in [2.24, 2.45) is 0 Å². The van der Waals surface area contributed by atoms with Crippen LogP contribution in [0.3, 0.4) is 0 Å². The summed E-state index contributed by atoms with van der Waals surface area (Å²) in [5.74, 6) is -3.53. The minimum absolute atomic E-state index is 0.0132. The molecule has 10 heteroatoms. The minimum atomic E-state index is -4.23. The first-order chi connectivity index (χ1) is 13.7. The molecule has 0 spiro atoms. The summed E-state index contributed by atoms with van der Waals surface area (Å²) in [6.07, 6.45) is 1.86. The number of nitrogens with two attached hydrogens (primary N) is 1. The van der Waals surface area contributed by atoms with E-state index in [0.717, 1.165) is 24.0 Å². The second-order valence-electron chi connectivity index (χ2n) is 6.37. The average Bonchev–Trinajstić information content (AvgIpc) is 3.05. The summed E-state index contributed by atoms with van der Waals surface area (Å²) >= 11 is 0. The van der Waals surface area contributed by atoms with Gasteiger partial charge in [-0.05, 0) is 25.1 Å². The van der Waals surface area contributed by atoms with E-state index < -0.39 is 33.3 Å². The van der Waals surface area contributed by atoms with Gasteiger partial charge >= 0.3 is 0 Å². The smallest absolute Gasteiger partial charge is 0.268 e. The molecule has 2 aromatic carbocycles. The fourth-order valence-electron chi connectivity index (χ4n) is 2.95.